The summed E-state index contributed by atoms with van der Waals surface area (Å²) in [5, 5.41) is 5.00. The molecule has 0 radical (unpaired) electrons. The van der Waals surface area contributed by atoms with Crippen LogP contribution < -0.4 is 30.1 Å². The van der Waals surface area contributed by atoms with Crippen LogP contribution in [0.4, 0.5) is 0 Å². The van der Waals surface area contributed by atoms with Gasteiger partial charge in [0.05, 0.1) is 0 Å². The third kappa shape index (κ3) is 7.58. The van der Waals surface area contributed by atoms with Crippen LogP contribution in [-0.2, 0) is 25.8 Å². The minimum Gasteiger partial charge on any atom is -1.00 e. The first-order valence-electron chi connectivity index (χ1n) is 10.3. The van der Waals surface area contributed by atoms with Crippen molar-refractivity contribution in [1.82, 2.24) is 0 Å². The number of hydrogen-bond donors (Lipinski definition) is 0. The molecule has 2 aliphatic carbocycles. The third-order valence-corrected chi connectivity index (χ3v) is 8.87. The molecule has 0 amide bonds. The number of fused-ring (bicyclic) bond motifs is 2. The van der Waals surface area contributed by atoms with E-state index in [4.69, 9.17) is 0 Å². The summed E-state index contributed by atoms with van der Waals surface area (Å²) in [6, 6.07) is 13.5. The SMILES string of the molecule is C1=CCC2CC[CH-]C2=C1.CC(C)(C)P(c1cc2ccccc2[cH-]1)C(C)(C)C.[Cl-].[Cl-].[Hf+4]. The van der Waals surface area contributed by atoms with Gasteiger partial charge in [-0.05, 0) is 22.7 Å². The van der Waals surface area contributed by atoms with Gasteiger partial charge in [0.15, 0.2) is 0 Å². The maximum Gasteiger partial charge on any atom is 4.00 e. The van der Waals surface area contributed by atoms with Crippen LogP contribution in [0.1, 0.15) is 60.8 Å². The summed E-state index contributed by atoms with van der Waals surface area (Å²) in [4.78, 5) is 0. The van der Waals surface area contributed by atoms with Gasteiger partial charge in [0.25, 0.3) is 0 Å². The molecule has 1 unspecified atom stereocenters. The molecule has 162 valence electrons. The summed E-state index contributed by atoms with van der Waals surface area (Å²) >= 11 is 0. The topological polar surface area (TPSA) is 0 Å². The fourth-order valence-corrected chi connectivity index (χ4v) is 8.81. The molecular formula is C26H35Cl2HfP. The van der Waals surface area contributed by atoms with Gasteiger partial charge in [-0.2, -0.15) is 6.07 Å². The fraction of sp³-hybridized carbons (Fsp3) is 0.462. The first kappa shape index (κ1) is 30.1. The minimum absolute atomic E-state index is 0. The van der Waals surface area contributed by atoms with Gasteiger partial charge >= 0.3 is 25.8 Å². The number of rotatable bonds is 1. The van der Waals surface area contributed by atoms with E-state index in [1.54, 1.807) is 10.9 Å². The smallest absolute Gasteiger partial charge is 1.00 e. The maximum atomic E-state index is 2.40. The Hall–Kier alpha value is 0.0601. The van der Waals surface area contributed by atoms with Crippen molar-refractivity contribution in [2.24, 2.45) is 5.92 Å². The van der Waals surface area contributed by atoms with Gasteiger partial charge < -0.3 is 24.8 Å². The van der Waals surface area contributed by atoms with E-state index in [0.717, 1.165) is 5.92 Å². The molecule has 1 fully saturated rings. The van der Waals surface area contributed by atoms with Crippen LogP contribution in [-0.4, -0.2) is 10.3 Å². The Kier molecular flexibility index (Phi) is 12.4. The molecule has 0 N–H and O–H groups in total. The predicted molar refractivity (Wildman–Crippen MR) is 124 cm³/mol. The normalized spacial score (nSPS) is 17.4. The van der Waals surface area contributed by atoms with Gasteiger partial charge in [-0.25, -0.2) is 18.1 Å². The molecule has 0 aromatic heterocycles. The van der Waals surface area contributed by atoms with E-state index < -0.39 is 0 Å². The van der Waals surface area contributed by atoms with Crippen LogP contribution >= 0.6 is 7.92 Å². The van der Waals surface area contributed by atoms with Gasteiger partial charge in [-0.15, -0.1) is 58.9 Å². The Morgan fingerprint density at radius 3 is 2.17 bits per heavy atom. The number of allylic oxidation sites excluding steroid dienone is 4. The molecule has 2 aromatic rings. The molecule has 0 nitrogen and oxygen atoms in total. The molecule has 0 bridgehead atoms. The van der Waals surface area contributed by atoms with Crippen LogP contribution in [0.3, 0.4) is 0 Å². The largest absolute Gasteiger partial charge is 4.00 e. The van der Waals surface area contributed by atoms with Crippen molar-refractivity contribution in [3.63, 3.8) is 0 Å². The van der Waals surface area contributed by atoms with E-state index in [1.165, 1.54) is 30.0 Å². The molecular weight excluding hydrogens is 593 g/mol. The van der Waals surface area contributed by atoms with Crippen LogP contribution in [0.2, 0.25) is 0 Å². The first-order chi connectivity index (χ1) is 12.7. The van der Waals surface area contributed by atoms with Crippen molar-refractivity contribution in [2.75, 3.05) is 0 Å². The summed E-state index contributed by atoms with van der Waals surface area (Å²) < 4.78 is 0. The molecule has 30 heavy (non-hydrogen) atoms. The Morgan fingerprint density at radius 1 is 0.967 bits per heavy atom. The predicted octanol–water partition coefficient (Wildman–Crippen LogP) is 1.76. The van der Waals surface area contributed by atoms with E-state index >= 15 is 0 Å². The number of benzene rings is 1. The van der Waals surface area contributed by atoms with Crippen molar-refractivity contribution in [3.05, 3.63) is 66.6 Å². The van der Waals surface area contributed by atoms with Gasteiger partial charge in [0.1, 0.15) is 0 Å². The molecule has 4 heteroatoms. The van der Waals surface area contributed by atoms with Crippen LogP contribution in [0.15, 0.2) is 60.2 Å². The molecule has 0 saturated heterocycles. The van der Waals surface area contributed by atoms with Crippen LogP contribution in [0.5, 0.6) is 0 Å². The third-order valence-electron chi connectivity index (χ3n) is 5.41. The summed E-state index contributed by atoms with van der Waals surface area (Å²) in [6.07, 6.45) is 13.0. The summed E-state index contributed by atoms with van der Waals surface area (Å²) in [5.74, 6) is 0.884. The number of halogens is 2. The van der Waals surface area contributed by atoms with Crippen molar-refractivity contribution in [1.29, 1.82) is 0 Å². The van der Waals surface area contributed by atoms with Crippen molar-refractivity contribution in [2.45, 2.75) is 71.1 Å². The van der Waals surface area contributed by atoms with Gasteiger partial charge in [0.2, 0.25) is 0 Å². The minimum atomic E-state index is -0.185. The fourth-order valence-electron chi connectivity index (χ4n) is 4.71. The zero-order valence-electron chi connectivity index (χ0n) is 19.2. The summed E-state index contributed by atoms with van der Waals surface area (Å²) in [5.41, 5.74) is 1.58. The Bertz CT molecular complexity index is 790. The van der Waals surface area contributed by atoms with Crippen molar-refractivity contribution in [3.8, 4) is 0 Å². The van der Waals surface area contributed by atoms with Gasteiger partial charge in [0, 0.05) is 0 Å². The van der Waals surface area contributed by atoms with Crippen molar-refractivity contribution < 1.29 is 50.7 Å². The van der Waals surface area contributed by atoms with E-state index in [1.807, 2.05) is 0 Å². The van der Waals surface area contributed by atoms with E-state index in [-0.39, 0.29) is 58.6 Å². The zero-order chi connectivity index (χ0) is 19.7. The molecule has 2 aliphatic rings. The second-order valence-corrected chi connectivity index (χ2v) is 13.7. The molecule has 1 atom stereocenters. The number of hydrogen-bond acceptors (Lipinski definition) is 0. The monoisotopic (exact) mass is 628 g/mol. The Morgan fingerprint density at radius 2 is 1.60 bits per heavy atom. The molecule has 4 rings (SSSR count). The molecule has 0 spiro atoms. The van der Waals surface area contributed by atoms with E-state index in [2.05, 4.69) is 103 Å². The molecule has 0 aliphatic heterocycles. The van der Waals surface area contributed by atoms with Crippen LogP contribution in [0, 0.1) is 12.3 Å². The standard InChI is InChI=1S/C17H24P.C9H11.2ClH.Hf/c1-16(2,3)18(17(4,5)6)15-11-13-9-7-8-10-14(13)12-15;1-2-5-9-7-3-6-8(9)4-1;;;/h7-12H,1-6H3;1-2,4,6,9H,3,5,7H2;2*1H;/q2*-1;;;+4/p-2. The van der Waals surface area contributed by atoms with E-state index in [9.17, 15) is 0 Å². The van der Waals surface area contributed by atoms with Crippen molar-refractivity contribution >= 4 is 24.0 Å². The molecule has 1 saturated carbocycles. The van der Waals surface area contributed by atoms with Gasteiger partial charge in [-0.1, -0.05) is 62.0 Å². The summed E-state index contributed by atoms with van der Waals surface area (Å²) in [6.45, 7) is 14.3. The molecule has 0 heterocycles. The molecule has 2 aromatic carbocycles. The zero-order valence-corrected chi connectivity index (χ0v) is 25.2. The van der Waals surface area contributed by atoms with Gasteiger partial charge in [-0.3, -0.25) is 0 Å². The summed E-state index contributed by atoms with van der Waals surface area (Å²) in [7, 11) is -0.185. The maximum absolute atomic E-state index is 2.40. The second kappa shape index (κ2) is 12.3. The average molecular weight is 628 g/mol. The average Bonchev–Trinajstić information content (AvgIpc) is 3.18. The quantitative estimate of drug-likeness (QED) is 0.257. The first-order valence-corrected chi connectivity index (χ1v) is 11.7. The Balaban J connectivity index is 0.000000597. The van der Waals surface area contributed by atoms with Crippen LogP contribution in [0.25, 0.3) is 10.8 Å². The Labute approximate surface area is 217 Å². The second-order valence-electron chi connectivity index (χ2n) is 9.83. The van der Waals surface area contributed by atoms with E-state index in [0.29, 0.717) is 10.3 Å².